The van der Waals surface area contributed by atoms with Crippen molar-refractivity contribution in [2.45, 2.75) is 13.0 Å². The highest BCUT2D eigenvalue weighted by atomic mass is 19.3. The second kappa shape index (κ2) is 9.31. The van der Waals surface area contributed by atoms with Crippen LogP contribution in [0, 0.1) is 12.3 Å². The molecular weight excluding hydrogens is 252 g/mol. The minimum atomic E-state index is -2.42. The first-order valence-electron chi connectivity index (χ1n) is 5.95. The fraction of sp³-hybridized carbons (Fsp3) is 0.429. The van der Waals surface area contributed by atoms with Crippen molar-refractivity contribution in [1.82, 2.24) is 5.32 Å². The SMILES string of the molecule is C#CCOc1ccccc1CNCCOCC(F)F. The number of rotatable bonds is 9. The number of para-hydroxylation sites is 1. The molecule has 1 rings (SSSR count). The Morgan fingerprint density at radius 1 is 1.32 bits per heavy atom. The van der Waals surface area contributed by atoms with E-state index in [0.717, 1.165) is 11.3 Å². The van der Waals surface area contributed by atoms with E-state index in [-0.39, 0.29) is 13.2 Å². The molecule has 1 aromatic rings. The van der Waals surface area contributed by atoms with Gasteiger partial charge in [0.15, 0.2) is 0 Å². The molecule has 0 aliphatic rings. The lowest BCUT2D eigenvalue weighted by atomic mass is 10.2. The largest absolute Gasteiger partial charge is 0.481 e. The molecule has 0 saturated heterocycles. The predicted molar refractivity (Wildman–Crippen MR) is 69.3 cm³/mol. The summed E-state index contributed by atoms with van der Waals surface area (Å²) in [6, 6.07) is 7.51. The number of ether oxygens (including phenoxy) is 2. The zero-order valence-corrected chi connectivity index (χ0v) is 10.6. The number of alkyl halides is 2. The summed E-state index contributed by atoms with van der Waals surface area (Å²) in [7, 11) is 0. The van der Waals surface area contributed by atoms with E-state index in [2.05, 4.69) is 11.2 Å². The van der Waals surface area contributed by atoms with Gasteiger partial charge in [-0.05, 0) is 6.07 Å². The van der Waals surface area contributed by atoms with E-state index in [1.54, 1.807) is 0 Å². The molecule has 0 saturated carbocycles. The van der Waals surface area contributed by atoms with Crippen molar-refractivity contribution < 1.29 is 18.3 Å². The first-order chi connectivity index (χ1) is 9.24. The van der Waals surface area contributed by atoms with Crippen LogP contribution in [0.25, 0.3) is 0 Å². The molecule has 0 radical (unpaired) electrons. The van der Waals surface area contributed by atoms with E-state index in [4.69, 9.17) is 15.9 Å². The van der Waals surface area contributed by atoms with Gasteiger partial charge in [-0.1, -0.05) is 24.1 Å². The van der Waals surface area contributed by atoms with Gasteiger partial charge in [-0.2, -0.15) is 0 Å². The second-order valence-electron chi connectivity index (χ2n) is 3.74. The molecule has 5 heteroatoms. The molecule has 1 aromatic carbocycles. The molecule has 0 heterocycles. The highest BCUT2D eigenvalue weighted by Crippen LogP contribution is 2.17. The van der Waals surface area contributed by atoms with Crippen LogP contribution in [0.4, 0.5) is 8.78 Å². The Labute approximate surface area is 111 Å². The van der Waals surface area contributed by atoms with Gasteiger partial charge in [-0.3, -0.25) is 0 Å². The molecule has 1 N–H and O–H groups in total. The monoisotopic (exact) mass is 269 g/mol. The minimum absolute atomic E-state index is 0.217. The van der Waals surface area contributed by atoms with Gasteiger partial charge >= 0.3 is 0 Å². The molecule has 0 aromatic heterocycles. The molecule has 19 heavy (non-hydrogen) atoms. The van der Waals surface area contributed by atoms with Crippen LogP contribution in [-0.4, -0.2) is 32.8 Å². The summed E-state index contributed by atoms with van der Waals surface area (Å²) in [6.45, 7) is 1.00. The Bertz CT molecular complexity index is 405. The molecule has 0 bridgehead atoms. The molecule has 0 spiro atoms. The minimum Gasteiger partial charge on any atom is -0.481 e. The van der Waals surface area contributed by atoms with Crippen LogP contribution < -0.4 is 10.1 Å². The zero-order chi connectivity index (χ0) is 13.9. The molecule has 0 unspecified atom stereocenters. The number of halogens is 2. The van der Waals surface area contributed by atoms with Crippen LogP contribution in [-0.2, 0) is 11.3 Å². The fourth-order valence-corrected chi connectivity index (χ4v) is 1.45. The van der Waals surface area contributed by atoms with Gasteiger partial charge in [0.1, 0.15) is 19.0 Å². The van der Waals surface area contributed by atoms with Crippen molar-refractivity contribution >= 4 is 0 Å². The third-order valence-electron chi connectivity index (χ3n) is 2.27. The van der Waals surface area contributed by atoms with Crippen molar-refractivity contribution in [3.63, 3.8) is 0 Å². The Balaban J connectivity index is 2.27. The van der Waals surface area contributed by atoms with E-state index in [1.807, 2.05) is 24.3 Å². The van der Waals surface area contributed by atoms with Gasteiger partial charge in [0.25, 0.3) is 6.43 Å². The van der Waals surface area contributed by atoms with Crippen molar-refractivity contribution in [3.8, 4) is 18.1 Å². The van der Waals surface area contributed by atoms with E-state index in [9.17, 15) is 8.78 Å². The van der Waals surface area contributed by atoms with Crippen LogP contribution >= 0.6 is 0 Å². The Morgan fingerprint density at radius 2 is 2.11 bits per heavy atom. The Kier molecular flexibility index (Phi) is 7.56. The average molecular weight is 269 g/mol. The number of nitrogens with one attached hydrogen (secondary N) is 1. The third-order valence-corrected chi connectivity index (χ3v) is 2.27. The standard InChI is InChI=1S/C14H17F2NO2/c1-2-8-19-13-6-4-3-5-12(13)10-17-7-9-18-11-14(15)16/h1,3-6,14,17H,7-11H2. The first-order valence-corrected chi connectivity index (χ1v) is 5.95. The number of terminal acetylenes is 1. The van der Waals surface area contributed by atoms with E-state index >= 15 is 0 Å². The topological polar surface area (TPSA) is 30.5 Å². The number of benzene rings is 1. The summed E-state index contributed by atoms with van der Waals surface area (Å²) < 4.78 is 33.8. The molecule has 3 nitrogen and oxygen atoms in total. The zero-order valence-electron chi connectivity index (χ0n) is 10.6. The lowest BCUT2D eigenvalue weighted by Crippen LogP contribution is -2.21. The van der Waals surface area contributed by atoms with E-state index < -0.39 is 13.0 Å². The van der Waals surface area contributed by atoms with Crippen LogP contribution in [0.5, 0.6) is 5.75 Å². The molecule has 0 aliphatic heterocycles. The fourth-order valence-electron chi connectivity index (χ4n) is 1.45. The van der Waals surface area contributed by atoms with Crippen LogP contribution in [0.2, 0.25) is 0 Å². The van der Waals surface area contributed by atoms with Gasteiger partial charge in [0.05, 0.1) is 6.61 Å². The quantitative estimate of drug-likeness (QED) is 0.550. The lowest BCUT2D eigenvalue weighted by Gasteiger charge is -2.10. The van der Waals surface area contributed by atoms with E-state index in [1.165, 1.54) is 0 Å². The average Bonchev–Trinajstić information content (AvgIpc) is 2.41. The summed E-state index contributed by atoms with van der Waals surface area (Å²) in [5.74, 6) is 3.13. The normalized spacial score (nSPS) is 10.4. The van der Waals surface area contributed by atoms with Crippen molar-refractivity contribution in [3.05, 3.63) is 29.8 Å². The maximum atomic E-state index is 11.8. The number of hydrogen-bond donors (Lipinski definition) is 1. The predicted octanol–water partition coefficient (Wildman–Crippen LogP) is 2.07. The summed E-state index contributed by atoms with van der Waals surface area (Å²) in [5, 5.41) is 3.09. The Hall–Kier alpha value is -1.64. The van der Waals surface area contributed by atoms with E-state index in [0.29, 0.717) is 13.1 Å². The second-order valence-corrected chi connectivity index (χ2v) is 3.74. The highest BCUT2D eigenvalue weighted by molar-refractivity contribution is 5.33. The smallest absolute Gasteiger partial charge is 0.261 e. The lowest BCUT2D eigenvalue weighted by molar-refractivity contribution is 0.0187. The van der Waals surface area contributed by atoms with Gasteiger partial charge in [-0.15, -0.1) is 6.42 Å². The summed E-state index contributed by atoms with van der Waals surface area (Å²) >= 11 is 0. The molecule has 0 amide bonds. The summed E-state index contributed by atoms with van der Waals surface area (Å²) in [6.07, 6.45) is 2.72. The van der Waals surface area contributed by atoms with Gasteiger partial charge in [0, 0.05) is 18.7 Å². The summed E-state index contributed by atoms with van der Waals surface area (Å²) in [5.41, 5.74) is 0.964. The molecular formula is C14H17F2NO2. The summed E-state index contributed by atoms with van der Waals surface area (Å²) in [4.78, 5) is 0. The maximum Gasteiger partial charge on any atom is 0.261 e. The van der Waals surface area contributed by atoms with Crippen molar-refractivity contribution in [1.29, 1.82) is 0 Å². The number of hydrogen-bond acceptors (Lipinski definition) is 3. The first kappa shape index (κ1) is 15.4. The van der Waals surface area contributed by atoms with Gasteiger partial charge in [-0.25, -0.2) is 8.78 Å². The van der Waals surface area contributed by atoms with Crippen LogP contribution in [0.3, 0.4) is 0 Å². The Morgan fingerprint density at radius 3 is 2.84 bits per heavy atom. The molecule has 0 fully saturated rings. The molecule has 0 aliphatic carbocycles. The van der Waals surface area contributed by atoms with Gasteiger partial charge < -0.3 is 14.8 Å². The van der Waals surface area contributed by atoms with Gasteiger partial charge in [0.2, 0.25) is 0 Å². The maximum absolute atomic E-state index is 11.8. The molecule has 0 atom stereocenters. The van der Waals surface area contributed by atoms with Crippen molar-refractivity contribution in [2.75, 3.05) is 26.4 Å². The third kappa shape index (κ3) is 6.75. The highest BCUT2D eigenvalue weighted by Gasteiger charge is 2.03. The molecule has 104 valence electrons. The van der Waals surface area contributed by atoms with Crippen LogP contribution in [0.1, 0.15) is 5.56 Å². The van der Waals surface area contributed by atoms with Crippen LogP contribution in [0.15, 0.2) is 24.3 Å². The van der Waals surface area contributed by atoms with Crippen molar-refractivity contribution in [2.24, 2.45) is 0 Å².